The lowest BCUT2D eigenvalue weighted by Crippen LogP contribution is -2.49. The highest BCUT2D eigenvalue weighted by Crippen LogP contribution is 2.35. The van der Waals surface area contributed by atoms with Crippen LogP contribution in [0, 0.1) is 5.92 Å². The minimum atomic E-state index is -0.624. The number of nitrogens with two attached hydrogens (primary N) is 1. The summed E-state index contributed by atoms with van der Waals surface area (Å²) in [7, 11) is 0. The average Bonchev–Trinajstić information content (AvgIpc) is 2.74. The van der Waals surface area contributed by atoms with Gasteiger partial charge >= 0.3 is 0 Å². The molecule has 0 aromatic heterocycles. The Labute approximate surface area is 65.9 Å². The SMILES string of the molecule is NC1(C(=O)C2CC2)CCOC1. The smallest absolute Gasteiger partial charge is 0.158 e. The van der Waals surface area contributed by atoms with E-state index in [1.165, 1.54) is 0 Å². The van der Waals surface area contributed by atoms with E-state index < -0.39 is 5.54 Å². The third-order valence-corrected chi connectivity index (χ3v) is 2.49. The number of Topliss-reactive ketones (excluding diaryl/α,β-unsaturated/α-hetero) is 1. The van der Waals surface area contributed by atoms with Gasteiger partial charge in [0.05, 0.1) is 6.61 Å². The van der Waals surface area contributed by atoms with Gasteiger partial charge in [0.25, 0.3) is 0 Å². The van der Waals surface area contributed by atoms with Crippen LogP contribution in [0.1, 0.15) is 19.3 Å². The first-order valence-corrected chi connectivity index (χ1v) is 4.13. The molecular formula is C8H13NO2. The largest absolute Gasteiger partial charge is 0.379 e. The Morgan fingerprint density at radius 2 is 2.27 bits per heavy atom. The maximum atomic E-state index is 11.5. The minimum absolute atomic E-state index is 0.231. The Bertz CT molecular complexity index is 181. The van der Waals surface area contributed by atoms with Crippen LogP contribution in [-0.2, 0) is 9.53 Å². The maximum Gasteiger partial charge on any atom is 0.158 e. The number of ether oxygens (including phenoxy) is 1. The molecular weight excluding hydrogens is 142 g/mol. The summed E-state index contributed by atoms with van der Waals surface area (Å²) < 4.78 is 5.11. The first-order valence-electron chi connectivity index (χ1n) is 4.13. The molecule has 1 heterocycles. The van der Waals surface area contributed by atoms with E-state index in [2.05, 4.69) is 0 Å². The van der Waals surface area contributed by atoms with Gasteiger partial charge in [0.1, 0.15) is 5.54 Å². The molecule has 0 aromatic carbocycles. The van der Waals surface area contributed by atoms with Crippen molar-refractivity contribution < 1.29 is 9.53 Å². The van der Waals surface area contributed by atoms with Crippen molar-refractivity contribution in [2.75, 3.05) is 13.2 Å². The maximum absolute atomic E-state index is 11.5. The van der Waals surface area contributed by atoms with Gasteiger partial charge in [-0.05, 0) is 19.3 Å². The fraction of sp³-hybridized carbons (Fsp3) is 0.875. The van der Waals surface area contributed by atoms with Crippen molar-refractivity contribution in [3.05, 3.63) is 0 Å². The quantitative estimate of drug-likeness (QED) is 0.614. The Morgan fingerprint density at radius 1 is 1.55 bits per heavy atom. The summed E-state index contributed by atoms with van der Waals surface area (Å²) in [5, 5.41) is 0. The molecule has 1 atom stereocenters. The highest BCUT2D eigenvalue weighted by molar-refractivity contribution is 5.92. The zero-order valence-electron chi connectivity index (χ0n) is 6.51. The molecule has 0 aromatic rings. The molecule has 2 fully saturated rings. The first-order chi connectivity index (χ1) is 5.22. The molecule has 1 aliphatic carbocycles. The second-order valence-electron chi connectivity index (χ2n) is 3.60. The van der Waals surface area contributed by atoms with E-state index in [1.807, 2.05) is 0 Å². The van der Waals surface area contributed by atoms with Gasteiger partial charge in [-0.1, -0.05) is 0 Å². The fourth-order valence-electron chi connectivity index (χ4n) is 1.53. The lowest BCUT2D eigenvalue weighted by Gasteiger charge is -2.19. The third-order valence-electron chi connectivity index (χ3n) is 2.49. The number of ketones is 1. The lowest BCUT2D eigenvalue weighted by atomic mass is 9.91. The number of hydrogen-bond acceptors (Lipinski definition) is 3. The zero-order chi connectivity index (χ0) is 7.90. The van der Waals surface area contributed by atoms with Crippen molar-refractivity contribution in [3.8, 4) is 0 Å². The summed E-state index contributed by atoms with van der Waals surface area (Å²) in [5.74, 6) is 0.497. The molecule has 0 bridgehead atoms. The first kappa shape index (κ1) is 7.25. The number of rotatable bonds is 2. The Kier molecular flexibility index (Phi) is 1.51. The van der Waals surface area contributed by atoms with Crippen LogP contribution in [0.5, 0.6) is 0 Å². The topological polar surface area (TPSA) is 52.3 Å². The molecule has 3 heteroatoms. The van der Waals surface area contributed by atoms with Crippen molar-refractivity contribution >= 4 is 5.78 Å². The van der Waals surface area contributed by atoms with E-state index in [-0.39, 0.29) is 11.7 Å². The fourth-order valence-corrected chi connectivity index (χ4v) is 1.53. The molecule has 2 N–H and O–H groups in total. The van der Waals surface area contributed by atoms with Gasteiger partial charge < -0.3 is 10.5 Å². The molecule has 0 radical (unpaired) electrons. The molecule has 3 nitrogen and oxygen atoms in total. The van der Waals surface area contributed by atoms with Crippen LogP contribution < -0.4 is 5.73 Å². The zero-order valence-corrected chi connectivity index (χ0v) is 6.51. The molecule has 1 unspecified atom stereocenters. The Balaban J connectivity index is 2.05. The number of carbonyl (C=O) groups excluding carboxylic acids is 1. The summed E-state index contributed by atoms with van der Waals surface area (Å²) in [6.07, 6.45) is 2.79. The molecule has 0 spiro atoms. The van der Waals surface area contributed by atoms with E-state index in [0.29, 0.717) is 19.6 Å². The van der Waals surface area contributed by atoms with Gasteiger partial charge in [-0.2, -0.15) is 0 Å². The molecule has 2 aliphatic rings. The summed E-state index contributed by atoms with van der Waals surface area (Å²) >= 11 is 0. The molecule has 2 rings (SSSR count). The van der Waals surface area contributed by atoms with Gasteiger partial charge in [0, 0.05) is 12.5 Å². The van der Waals surface area contributed by atoms with Crippen LogP contribution in [-0.4, -0.2) is 24.5 Å². The van der Waals surface area contributed by atoms with Crippen LogP contribution in [0.25, 0.3) is 0 Å². The predicted molar refractivity (Wildman–Crippen MR) is 40.1 cm³/mol. The standard InChI is InChI=1S/C8H13NO2/c9-8(3-4-11-5-8)7(10)6-1-2-6/h6H,1-5,9H2. The van der Waals surface area contributed by atoms with Gasteiger partial charge in [-0.3, -0.25) is 4.79 Å². The van der Waals surface area contributed by atoms with Crippen LogP contribution in [0.3, 0.4) is 0 Å². The van der Waals surface area contributed by atoms with E-state index in [9.17, 15) is 4.79 Å². The molecule has 1 saturated carbocycles. The second kappa shape index (κ2) is 2.29. The van der Waals surface area contributed by atoms with E-state index in [1.54, 1.807) is 0 Å². The Morgan fingerprint density at radius 3 is 2.73 bits per heavy atom. The number of carbonyl (C=O) groups is 1. The molecule has 11 heavy (non-hydrogen) atoms. The highest BCUT2D eigenvalue weighted by Gasteiger charge is 2.45. The summed E-state index contributed by atoms with van der Waals surface area (Å²) in [4.78, 5) is 11.5. The molecule has 1 aliphatic heterocycles. The lowest BCUT2D eigenvalue weighted by molar-refractivity contribution is -0.125. The predicted octanol–water partition coefficient (Wildman–Crippen LogP) is 0.0833. The van der Waals surface area contributed by atoms with Gasteiger partial charge in [0.15, 0.2) is 5.78 Å². The van der Waals surface area contributed by atoms with Crippen molar-refractivity contribution in [1.82, 2.24) is 0 Å². The monoisotopic (exact) mass is 155 g/mol. The second-order valence-corrected chi connectivity index (χ2v) is 3.60. The summed E-state index contributed by atoms with van der Waals surface area (Å²) in [6, 6.07) is 0. The van der Waals surface area contributed by atoms with E-state index in [0.717, 1.165) is 12.8 Å². The molecule has 1 saturated heterocycles. The average molecular weight is 155 g/mol. The number of hydrogen-bond donors (Lipinski definition) is 1. The van der Waals surface area contributed by atoms with Crippen LogP contribution in [0.4, 0.5) is 0 Å². The molecule has 0 amide bonds. The Hall–Kier alpha value is -0.410. The van der Waals surface area contributed by atoms with Gasteiger partial charge in [-0.25, -0.2) is 0 Å². The van der Waals surface area contributed by atoms with Gasteiger partial charge in [-0.15, -0.1) is 0 Å². The highest BCUT2D eigenvalue weighted by atomic mass is 16.5. The van der Waals surface area contributed by atoms with E-state index >= 15 is 0 Å². The van der Waals surface area contributed by atoms with Crippen molar-refractivity contribution in [2.24, 2.45) is 11.7 Å². The van der Waals surface area contributed by atoms with Crippen LogP contribution >= 0.6 is 0 Å². The third kappa shape index (κ3) is 1.19. The minimum Gasteiger partial charge on any atom is -0.379 e. The summed E-state index contributed by atoms with van der Waals surface area (Å²) in [6.45, 7) is 1.08. The van der Waals surface area contributed by atoms with Crippen molar-refractivity contribution in [1.29, 1.82) is 0 Å². The van der Waals surface area contributed by atoms with Crippen LogP contribution in [0.2, 0.25) is 0 Å². The summed E-state index contributed by atoms with van der Waals surface area (Å²) in [5.41, 5.74) is 5.25. The van der Waals surface area contributed by atoms with Crippen LogP contribution in [0.15, 0.2) is 0 Å². The van der Waals surface area contributed by atoms with Crippen molar-refractivity contribution in [3.63, 3.8) is 0 Å². The van der Waals surface area contributed by atoms with E-state index in [4.69, 9.17) is 10.5 Å². The van der Waals surface area contributed by atoms with Gasteiger partial charge in [0.2, 0.25) is 0 Å². The normalized spacial score (nSPS) is 37.5. The molecule has 62 valence electrons. The van der Waals surface area contributed by atoms with Crippen molar-refractivity contribution in [2.45, 2.75) is 24.8 Å².